The predicted octanol–water partition coefficient (Wildman–Crippen LogP) is 2.31. The van der Waals surface area contributed by atoms with Gasteiger partial charge in [0.05, 0.1) is 5.69 Å². The number of benzene rings is 1. The van der Waals surface area contributed by atoms with Crippen LogP contribution in [0.3, 0.4) is 0 Å². The third-order valence-corrected chi connectivity index (χ3v) is 2.80. The highest BCUT2D eigenvalue weighted by Crippen LogP contribution is 2.14. The van der Waals surface area contributed by atoms with Crippen LogP contribution in [0.1, 0.15) is 21.6 Å². The van der Waals surface area contributed by atoms with Gasteiger partial charge in [0.2, 0.25) is 11.5 Å². The van der Waals surface area contributed by atoms with Crippen molar-refractivity contribution in [1.29, 1.82) is 0 Å². The third kappa shape index (κ3) is 3.14. The normalized spacial score (nSPS) is 11.3. The summed E-state index contributed by atoms with van der Waals surface area (Å²) >= 11 is 0. The Hall–Kier alpha value is -2.82. The molecule has 0 saturated heterocycles. The minimum Gasteiger partial charge on any atom is -0.502 e. The zero-order valence-corrected chi connectivity index (χ0v) is 10.5. The molecule has 0 aliphatic carbocycles. The minimum atomic E-state index is -1.53. The Labute approximate surface area is 115 Å². The van der Waals surface area contributed by atoms with E-state index in [0.29, 0.717) is 12.5 Å². The number of carboxylic acid groups (broad SMARTS) is 1. The Bertz CT molecular complexity index is 656. The summed E-state index contributed by atoms with van der Waals surface area (Å²) < 4.78 is 0. The fourth-order valence-corrected chi connectivity index (χ4v) is 1.85. The lowest BCUT2D eigenvalue weighted by Crippen LogP contribution is -2.06. The predicted molar refractivity (Wildman–Crippen MR) is 72.7 cm³/mol. The van der Waals surface area contributed by atoms with Gasteiger partial charge in [0, 0.05) is 12.3 Å². The first-order valence-electron chi connectivity index (χ1n) is 5.96. The lowest BCUT2D eigenvalue weighted by Gasteiger charge is -2.02. The topological polar surface area (TPSA) is 90.4 Å². The summed E-state index contributed by atoms with van der Waals surface area (Å²) in [4.78, 5) is 25.2. The van der Waals surface area contributed by atoms with Crippen LogP contribution in [0.2, 0.25) is 0 Å². The lowest BCUT2D eigenvalue weighted by atomic mass is 10.0. The largest absolute Gasteiger partial charge is 0.502 e. The number of carbonyl (C=O) groups is 2. The number of hydrogen-bond acceptors (Lipinski definition) is 3. The Morgan fingerprint density at radius 1 is 1.10 bits per heavy atom. The Morgan fingerprint density at radius 2 is 1.80 bits per heavy atom. The number of allylic oxidation sites excluding steroid dienone is 1. The van der Waals surface area contributed by atoms with E-state index >= 15 is 0 Å². The quantitative estimate of drug-likeness (QED) is 0.442. The van der Waals surface area contributed by atoms with Crippen molar-refractivity contribution >= 4 is 11.8 Å². The molecule has 3 N–H and O–H groups in total. The van der Waals surface area contributed by atoms with E-state index in [1.165, 1.54) is 0 Å². The summed E-state index contributed by atoms with van der Waals surface area (Å²) in [5.41, 5.74) is 2.06. The van der Waals surface area contributed by atoms with Gasteiger partial charge in [-0.25, -0.2) is 4.79 Å². The lowest BCUT2D eigenvalue weighted by molar-refractivity contribution is -0.135. The van der Waals surface area contributed by atoms with Crippen LogP contribution >= 0.6 is 0 Å². The van der Waals surface area contributed by atoms with Gasteiger partial charge in [-0.2, -0.15) is 0 Å². The number of carboxylic acids is 1. The number of ketones is 1. The van der Waals surface area contributed by atoms with Gasteiger partial charge in [0.15, 0.2) is 0 Å². The fourth-order valence-electron chi connectivity index (χ4n) is 1.85. The van der Waals surface area contributed by atoms with Crippen LogP contribution in [-0.4, -0.2) is 26.9 Å². The standard InChI is InChI=1S/C15H13NO4/c17-12(9-13(18)15(19)20)14-11(6-7-16-14)8-10-4-2-1-3-5-10/h1-7,9,16,18H,8H2,(H,19,20)/b13-9-. The first-order valence-corrected chi connectivity index (χ1v) is 5.96. The molecule has 0 amide bonds. The van der Waals surface area contributed by atoms with Gasteiger partial charge in [-0.05, 0) is 23.6 Å². The van der Waals surface area contributed by atoms with E-state index in [-0.39, 0.29) is 5.69 Å². The number of aliphatic hydroxyl groups is 1. The summed E-state index contributed by atoms with van der Waals surface area (Å²) in [5, 5.41) is 17.7. The maximum absolute atomic E-state index is 11.9. The van der Waals surface area contributed by atoms with Crippen molar-refractivity contribution in [3.63, 3.8) is 0 Å². The smallest absolute Gasteiger partial charge is 0.371 e. The number of aliphatic carboxylic acids is 1. The molecule has 0 unspecified atom stereocenters. The van der Waals surface area contributed by atoms with Gasteiger partial charge in [-0.1, -0.05) is 30.3 Å². The fraction of sp³-hybridized carbons (Fsp3) is 0.0667. The van der Waals surface area contributed by atoms with Gasteiger partial charge in [0.25, 0.3) is 0 Å². The van der Waals surface area contributed by atoms with Crippen molar-refractivity contribution in [3.05, 3.63) is 71.3 Å². The number of carbonyl (C=O) groups excluding carboxylic acids is 1. The molecule has 0 saturated carbocycles. The Balaban J connectivity index is 2.23. The third-order valence-electron chi connectivity index (χ3n) is 2.80. The number of H-pyrrole nitrogens is 1. The molecular formula is C15H13NO4. The Morgan fingerprint density at radius 3 is 2.45 bits per heavy atom. The van der Waals surface area contributed by atoms with Crippen molar-refractivity contribution in [2.45, 2.75) is 6.42 Å². The first-order chi connectivity index (χ1) is 9.58. The van der Waals surface area contributed by atoms with E-state index in [1.807, 2.05) is 30.3 Å². The second kappa shape index (κ2) is 5.88. The van der Waals surface area contributed by atoms with Gasteiger partial charge in [-0.15, -0.1) is 0 Å². The van der Waals surface area contributed by atoms with E-state index < -0.39 is 17.5 Å². The second-order valence-electron chi connectivity index (χ2n) is 4.24. The molecular weight excluding hydrogens is 258 g/mol. The summed E-state index contributed by atoms with van der Waals surface area (Å²) in [7, 11) is 0. The molecule has 5 heteroatoms. The molecule has 0 bridgehead atoms. The monoisotopic (exact) mass is 271 g/mol. The number of aromatic amines is 1. The highest BCUT2D eigenvalue weighted by atomic mass is 16.4. The van der Waals surface area contributed by atoms with Gasteiger partial charge < -0.3 is 15.2 Å². The van der Waals surface area contributed by atoms with E-state index in [9.17, 15) is 9.59 Å². The van der Waals surface area contributed by atoms with E-state index in [4.69, 9.17) is 10.2 Å². The molecule has 102 valence electrons. The number of aromatic nitrogens is 1. The zero-order valence-electron chi connectivity index (χ0n) is 10.5. The highest BCUT2D eigenvalue weighted by molar-refractivity contribution is 6.07. The zero-order chi connectivity index (χ0) is 14.5. The van der Waals surface area contributed by atoms with Crippen LogP contribution in [0.15, 0.2) is 54.4 Å². The molecule has 1 heterocycles. The number of aliphatic hydroxyl groups excluding tert-OH is 1. The van der Waals surface area contributed by atoms with E-state index in [0.717, 1.165) is 11.1 Å². The van der Waals surface area contributed by atoms with Crippen LogP contribution in [-0.2, 0) is 11.2 Å². The number of hydrogen-bond donors (Lipinski definition) is 3. The molecule has 0 spiro atoms. The van der Waals surface area contributed by atoms with Gasteiger partial charge in [-0.3, -0.25) is 4.79 Å². The summed E-state index contributed by atoms with van der Waals surface area (Å²) in [6, 6.07) is 11.3. The van der Waals surface area contributed by atoms with Crippen LogP contribution in [0, 0.1) is 0 Å². The molecule has 0 atom stereocenters. The van der Waals surface area contributed by atoms with Crippen molar-refractivity contribution in [1.82, 2.24) is 4.98 Å². The SMILES string of the molecule is O=C(O)/C(O)=C/C(=O)c1[nH]ccc1Cc1ccccc1. The molecule has 1 aromatic heterocycles. The molecule has 5 nitrogen and oxygen atoms in total. The summed E-state index contributed by atoms with van der Waals surface area (Å²) in [6.45, 7) is 0. The van der Waals surface area contributed by atoms with Crippen molar-refractivity contribution in [2.24, 2.45) is 0 Å². The van der Waals surface area contributed by atoms with E-state index in [2.05, 4.69) is 4.98 Å². The van der Waals surface area contributed by atoms with E-state index in [1.54, 1.807) is 12.3 Å². The van der Waals surface area contributed by atoms with Crippen LogP contribution < -0.4 is 0 Å². The average Bonchev–Trinajstić information content (AvgIpc) is 2.88. The van der Waals surface area contributed by atoms with Crippen LogP contribution in [0.25, 0.3) is 0 Å². The summed E-state index contributed by atoms with van der Waals surface area (Å²) in [5.74, 6) is -3.08. The average molecular weight is 271 g/mol. The molecule has 0 radical (unpaired) electrons. The molecule has 0 aliphatic rings. The van der Waals surface area contributed by atoms with Crippen LogP contribution in [0.4, 0.5) is 0 Å². The van der Waals surface area contributed by atoms with Gasteiger partial charge >= 0.3 is 5.97 Å². The van der Waals surface area contributed by atoms with Crippen molar-refractivity contribution in [2.75, 3.05) is 0 Å². The molecule has 1 aromatic carbocycles. The maximum Gasteiger partial charge on any atom is 0.371 e. The molecule has 2 rings (SSSR count). The number of nitrogens with one attached hydrogen (secondary N) is 1. The first kappa shape index (κ1) is 13.6. The molecule has 2 aromatic rings. The molecule has 20 heavy (non-hydrogen) atoms. The van der Waals surface area contributed by atoms with Crippen molar-refractivity contribution < 1.29 is 19.8 Å². The van der Waals surface area contributed by atoms with Crippen LogP contribution in [0.5, 0.6) is 0 Å². The second-order valence-corrected chi connectivity index (χ2v) is 4.24. The minimum absolute atomic E-state index is 0.279. The highest BCUT2D eigenvalue weighted by Gasteiger charge is 2.14. The Kier molecular flexibility index (Phi) is 4.00. The van der Waals surface area contributed by atoms with Crippen molar-refractivity contribution in [3.8, 4) is 0 Å². The number of rotatable bonds is 5. The van der Waals surface area contributed by atoms with Gasteiger partial charge in [0.1, 0.15) is 0 Å². The summed E-state index contributed by atoms with van der Waals surface area (Å²) in [6.07, 6.45) is 2.85. The molecule has 0 fully saturated rings. The molecule has 0 aliphatic heterocycles. The maximum atomic E-state index is 11.9.